The Bertz CT molecular complexity index is 369. The number of nitrogens with zero attached hydrogens (tertiary/aromatic N) is 1. The van der Waals surface area contributed by atoms with E-state index in [1.807, 2.05) is 6.20 Å². The van der Waals surface area contributed by atoms with Crippen LogP contribution in [0.1, 0.15) is 0 Å². The Balaban J connectivity index is 2.67. The van der Waals surface area contributed by atoms with E-state index in [0.29, 0.717) is 0 Å². The minimum absolute atomic E-state index is 1.07. The molecular weight excluding hydrogens is 153 g/mol. The second-order valence-electron chi connectivity index (χ2n) is 2.51. The van der Waals surface area contributed by atoms with E-state index in [1.165, 1.54) is 10.8 Å². The highest BCUT2D eigenvalue weighted by Gasteiger charge is 1.96. The van der Waals surface area contributed by atoms with Gasteiger partial charge in [-0.2, -0.15) is 0 Å². The molecule has 0 saturated carbocycles. The van der Waals surface area contributed by atoms with Crippen molar-refractivity contribution >= 4 is 34.3 Å². The van der Waals surface area contributed by atoms with Crippen LogP contribution in [-0.4, -0.2) is 12.3 Å². The molecule has 0 unspecified atom stereocenters. The minimum atomic E-state index is 1.07. The molecule has 0 radical (unpaired) electrons. The van der Waals surface area contributed by atoms with Crippen molar-refractivity contribution in [2.24, 2.45) is 0 Å². The molecule has 2 rings (SSSR count). The zero-order chi connectivity index (χ0) is 7.68. The first-order valence-corrected chi connectivity index (χ1v) is 4.60. The highest BCUT2D eigenvalue weighted by atomic mass is 32.1. The monoisotopic (exact) mass is 161 g/mol. The standard InChI is InChI=1S/C8H8BNS/c1-9-7-4-6-2-3-11-8(6)10-5-7/h2-5,9H,1H3. The van der Waals surface area contributed by atoms with Gasteiger partial charge in [0.1, 0.15) is 4.83 Å². The van der Waals surface area contributed by atoms with Crippen LogP contribution in [0.4, 0.5) is 0 Å². The largest absolute Gasteiger partial charge is 0.246 e. The van der Waals surface area contributed by atoms with Crippen LogP contribution in [0.25, 0.3) is 10.2 Å². The molecule has 0 atom stereocenters. The molecule has 0 aliphatic heterocycles. The van der Waals surface area contributed by atoms with E-state index >= 15 is 0 Å². The summed E-state index contributed by atoms with van der Waals surface area (Å²) < 4.78 is 0. The summed E-state index contributed by atoms with van der Waals surface area (Å²) in [4.78, 5) is 5.47. The number of fused-ring (bicyclic) bond motifs is 1. The SMILES string of the molecule is CBc1cnc2sccc2c1. The predicted octanol–water partition coefficient (Wildman–Crippen LogP) is 1.41. The van der Waals surface area contributed by atoms with E-state index in [4.69, 9.17) is 0 Å². The molecule has 0 amide bonds. The van der Waals surface area contributed by atoms with Gasteiger partial charge in [0.2, 0.25) is 0 Å². The number of rotatable bonds is 1. The predicted molar refractivity (Wildman–Crippen MR) is 52.3 cm³/mol. The molecule has 0 aliphatic carbocycles. The van der Waals surface area contributed by atoms with Crippen molar-refractivity contribution in [3.8, 4) is 0 Å². The van der Waals surface area contributed by atoms with Crippen molar-refractivity contribution < 1.29 is 0 Å². The summed E-state index contributed by atoms with van der Waals surface area (Å²) >= 11 is 1.70. The van der Waals surface area contributed by atoms with Crippen LogP contribution in [0.2, 0.25) is 6.82 Å². The molecule has 11 heavy (non-hydrogen) atoms. The van der Waals surface area contributed by atoms with Crippen LogP contribution in [0.5, 0.6) is 0 Å². The van der Waals surface area contributed by atoms with E-state index in [0.717, 1.165) is 12.1 Å². The number of thiophene rings is 1. The Labute approximate surface area is 70.3 Å². The molecule has 0 N–H and O–H groups in total. The fourth-order valence-electron chi connectivity index (χ4n) is 1.10. The quantitative estimate of drug-likeness (QED) is 0.576. The molecule has 0 bridgehead atoms. The molecule has 0 aromatic carbocycles. The molecule has 2 aromatic rings. The van der Waals surface area contributed by atoms with Gasteiger partial charge in [-0.3, -0.25) is 0 Å². The maximum absolute atomic E-state index is 4.33. The molecule has 1 nitrogen and oxygen atoms in total. The van der Waals surface area contributed by atoms with Crippen LogP contribution in [-0.2, 0) is 0 Å². The smallest absolute Gasteiger partial charge is 0.156 e. The van der Waals surface area contributed by atoms with Gasteiger partial charge in [0.25, 0.3) is 0 Å². The fourth-order valence-corrected chi connectivity index (χ4v) is 1.82. The normalized spacial score (nSPS) is 10.3. The Kier molecular flexibility index (Phi) is 1.66. The van der Waals surface area contributed by atoms with Crippen molar-refractivity contribution in [3.63, 3.8) is 0 Å². The van der Waals surface area contributed by atoms with Crippen LogP contribution >= 0.6 is 11.3 Å². The summed E-state index contributed by atoms with van der Waals surface area (Å²) in [5.41, 5.74) is 1.32. The van der Waals surface area contributed by atoms with Crippen LogP contribution in [0.3, 0.4) is 0 Å². The lowest BCUT2D eigenvalue weighted by molar-refractivity contribution is 1.47. The number of aromatic nitrogens is 1. The summed E-state index contributed by atoms with van der Waals surface area (Å²) in [7, 11) is 1.07. The van der Waals surface area contributed by atoms with E-state index in [9.17, 15) is 0 Å². The second kappa shape index (κ2) is 2.66. The van der Waals surface area contributed by atoms with Gasteiger partial charge in [-0.1, -0.05) is 18.4 Å². The van der Waals surface area contributed by atoms with E-state index in [2.05, 4.69) is 29.3 Å². The maximum atomic E-state index is 4.33. The Morgan fingerprint density at radius 3 is 3.27 bits per heavy atom. The lowest BCUT2D eigenvalue weighted by Crippen LogP contribution is -2.09. The summed E-state index contributed by atoms with van der Waals surface area (Å²) in [5, 5.41) is 3.35. The van der Waals surface area contributed by atoms with E-state index in [-0.39, 0.29) is 0 Å². The van der Waals surface area contributed by atoms with Gasteiger partial charge in [0.15, 0.2) is 7.28 Å². The molecule has 2 aromatic heterocycles. The highest BCUT2D eigenvalue weighted by molar-refractivity contribution is 7.16. The topological polar surface area (TPSA) is 12.9 Å². The minimum Gasteiger partial charge on any atom is -0.246 e. The van der Waals surface area contributed by atoms with Crippen molar-refractivity contribution in [3.05, 3.63) is 23.7 Å². The second-order valence-corrected chi connectivity index (χ2v) is 3.41. The van der Waals surface area contributed by atoms with Crippen LogP contribution < -0.4 is 5.46 Å². The highest BCUT2D eigenvalue weighted by Crippen LogP contribution is 2.15. The molecule has 3 heteroatoms. The molecule has 0 fully saturated rings. The summed E-state index contributed by atoms with van der Waals surface area (Å²) in [6.07, 6.45) is 1.96. The number of pyridine rings is 1. The zero-order valence-corrected chi connectivity index (χ0v) is 7.19. The summed E-state index contributed by atoms with van der Waals surface area (Å²) in [6, 6.07) is 4.32. The Hall–Kier alpha value is -0.825. The van der Waals surface area contributed by atoms with Crippen molar-refractivity contribution in [2.75, 3.05) is 0 Å². The van der Waals surface area contributed by atoms with Gasteiger partial charge in [0.05, 0.1) is 0 Å². The van der Waals surface area contributed by atoms with Gasteiger partial charge in [0, 0.05) is 11.6 Å². The lowest BCUT2D eigenvalue weighted by Gasteiger charge is -1.92. The van der Waals surface area contributed by atoms with Crippen molar-refractivity contribution in [1.29, 1.82) is 0 Å². The molecular formula is C8H8BNS. The first-order valence-electron chi connectivity index (χ1n) is 3.72. The number of hydrogen-bond donors (Lipinski definition) is 0. The van der Waals surface area contributed by atoms with Gasteiger partial charge in [-0.25, -0.2) is 4.98 Å². The molecule has 2 heterocycles. The van der Waals surface area contributed by atoms with Gasteiger partial charge in [-0.15, -0.1) is 11.3 Å². The molecule has 0 aliphatic rings. The molecule has 0 saturated heterocycles. The maximum Gasteiger partial charge on any atom is 0.156 e. The fraction of sp³-hybridized carbons (Fsp3) is 0.125. The Morgan fingerprint density at radius 1 is 1.55 bits per heavy atom. The van der Waals surface area contributed by atoms with E-state index in [1.54, 1.807) is 11.3 Å². The van der Waals surface area contributed by atoms with Gasteiger partial charge < -0.3 is 0 Å². The number of hydrogen-bond acceptors (Lipinski definition) is 2. The lowest BCUT2D eigenvalue weighted by atomic mass is 9.74. The first-order chi connectivity index (χ1) is 5.40. The van der Waals surface area contributed by atoms with Gasteiger partial charge in [-0.05, 0) is 11.4 Å². The third kappa shape index (κ3) is 1.16. The van der Waals surface area contributed by atoms with Gasteiger partial charge >= 0.3 is 0 Å². The average Bonchev–Trinajstić information content (AvgIpc) is 2.50. The zero-order valence-electron chi connectivity index (χ0n) is 6.37. The third-order valence-corrected chi connectivity index (χ3v) is 2.61. The average molecular weight is 161 g/mol. The Morgan fingerprint density at radius 2 is 2.45 bits per heavy atom. The van der Waals surface area contributed by atoms with E-state index < -0.39 is 0 Å². The molecule has 54 valence electrons. The summed E-state index contributed by atoms with van der Waals surface area (Å²) in [5.74, 6) is 0. The van der Waals surface area contributed by atoms with Crippen LogP contribution in [0, 0.1) is 0 Å². The van der Waals surface area contributed by atoms with Crippen molar-refractivity contribution in [1.82, 2.24) is 4.98 Å². The third-order valence-electron chi connectivity index (χ3n) is 1.77. The van der Waals surface area contributed by atoms with Crippen molar-refractivity contribution in [2.45, 2.75) is 6.82 Å². The molecule has 0 spiro atoms. The summed E-state index contributed by atoms with van der Waals surface area (Å²) in [6.45, 7) is 2.15. The first kappa shape index (κ1) is 6.86. The van der Waals surface area contributed by atoms with Crippen LogP contribution in [0.15, 0.2) is 23.7 Å².